The lowest BCUT2D eigenvalue weighted by atomic mass is 9.70. The molecule has 228 valence electrons. The normalized spacial score (nSPS) is 47.5. The fraction of sp³-hybridized carbons (Fsp3) is 0.727. The molecule has 8 nitrogen and oxygen atoms in total. The van der Waals surface area contributed by atoms with Gasteiger partial charge in [-0.1, -0.05) is 56.7 Å². The highest BCUT2D eigenvalue weighted by Gasteiger charge is 2.63. The van der Waals surface area contributed by atoms with Crippen molar-refractivity contribution in [1.82, 2.24) is 0 Å². The van der Waals surface area contributed by atoms with E-state index < -0.39 is 47.9 Å². The highest BCUT2D eigenvalue weighted by atomic mass is 16.7. The number of allylic oxidation sites excluding steroid dienone is 4. The van der Waals surface area contributed by atoms with E-state index in [-0.39, 0.29) is 18.1 Å². The van der Waals surface area contributed by atoms with E-state index in [1.807, 2.05) is 6.08 Å². The number of hydrogen-bond donors (Lipinski definition) is 2. The number of aliphatic hydroxyl groups is 2. The van der Waals surface area contributed by atoms with Crippen molar-refractivity contribution in [1.29, 1.82) is 0 Å². The Labute approximate surface area is 244 Å². The van der Waals surface area contributed by atoms with Crippen LogP contribution in [0.25, 0.3) is 0 Å². The molecule has 0 unspecified atom stereocenters. The van der Waals surface area contributed by atoms with Crippen LogP contribution < -0.4 is 0 Å². The molecule has 0 radical (unpaired) electrons. The number of carbonyl (C=O) groups excluding carboxylic acids is 1. The quantitative estimate of drug-likeness (QED) is 0.356. The van der Waals surface area contributed by atoms with Crippen molar-refractivity contribution in [2.75, 3.05) is 7.11 Å². The van der Waals surface area contributed by atoms with Crippen LogP contribution in [0, 0.1) is 17.8 Å². The van der Waals surface area contributed by atoms with E-state index in [1.54, 1.807) is 19.1 Å². The molecule has 3 fully saturated rings. The summed E-state index contributed by atoms with van der Waals surface area (Å²) in [6.07, 6.45) is 11.2. The Morgan fingerprint density at radius 3 is 2.68 bits per heavy atom. The lowest BCUT2D eigenvalue weighted by molar-refractivity contribution is -0.335. The summed E-state index contributed by atoms with van der Waals surface area (Å²) in [7, 11) is 1.49. The van der Waals surface area contributed by atoms with Crippen LogP contribution in [-0.2, 0) is 28.5 Å². The molecule has 4 aliphatic heterocycles. The fourth-order valence-electron chi connectivity index (χ4n) is 7.45. The van der Waals surface area contributed by atoms with E-state index in [2.05, 4.69) is 39.8 Å². The molecule has 11 atom stereocenters. The monoisotopic (exact) mass is 572 g/mol. The summed E-state index contributed by atoms with van der Waals surface area (Å²) in [6.45, 7) is 10.4. The van der Waals surface area contributed by atoms with Gasteiger partial charge in [0.15, 0.2) is 12.1 Å². The zero-order valence-electron chi connectivity index (χ0n) is 25.4. The molecular weight excluding hydrogens is 524 g/mol. The number of carbonyl (C=O) groups is 1. The second kappa shape index (κ2) is 12.1. The summed E-state index contributed by atoms with van der Waals surface area (Å²) in [4.78, 5) is 14.0. The van der Waals surface area contributed by atoms with E-state index in [0.29, 0.717) is 36.3 Å². The molecule has 0 amide bonds. The average Bonchev–Trinajstić information content (AvgIpc) is 3.23. The van der Waals surface area contributed by atoms with Crippen LogP contribution in [0.5, 0.6) is 0 Å². The van der Waals surface area contributed by atoms with Crippen LogP contribution in [-0.4, -0.2) is 71.5 Å². The molecule has 2 N–H and O–H groups in total. The molecular formula is C33H48O8. The van der Waals surface area contributed by atoms with Gasteiger partial charge in [-0.25, -0.2) is 0 Å². The Hall–Kier alpha value is -1.81. The van der Waals surface area contributed by atoms with Gasteiger partial charge in [-0.3, -0.25) is 4.79 Å². The first-order chi connectivity index (χ1) is 19.5. The third kappa shape index (κ3) is 5.89. The van der Waals surface area contributed by atoms with E-state index in [0.717, 1.165) is 25.7 Å². The standard InChI is InChI=1S/C33H48O8/c1-7-27-21(4)13-14-32(41-27)18-24-17-23(40-32)12-11-20(3)15-19(2)9-8-10-25-31(37-6)39-29-28(34)22(5)16-26(30(35)38-24)33(25,29)36/h8-11,16,19,21,23-24,26-29,31,34,36H,7,12-15,17-18H2,1-6H3/b9-8-,20-11-,25-10?/t19-,21-,23+,24-,26-,27+,28+,29+,31-,32+,33+/m0/s1. The second-order valence-corrected chi connectivity index (χ2v) is 13.0. The molecule has 41 heavy (non-hydrogen) atoms. The van der Waals surface area contributed by atoms with Gasteiger partial charge in [-0.15, -0.1) is 0 Å². The Morgan fingerprint density at radius 2 is 1.95 bits per heavy atom. The van der Waals surface area contributed by atoms with Crippen LogP contribution in [0.3, 0.4) is 0 Å². The fourth-order valence-corrected chi connectivity index (χ4v) is 7.45. The minimum Gasteiger partial charge on any atom is -0.462 e. The Morgan fingerprint density at radius 1 is 1.17 bits per heavy atom. The van der Waals surface area contributed by atoms with Gasteiger partial charge in [0.2, 0.25) is 0 Å². The van der Waals surface area contributed by atoms with Crippen LogP contribution in [0.15, 0.2) is 47.1 Å². The van der Waals surface area contributed by atoms with Crippen molar-refractivity contribution in [3.8, 4) is 0 Å². The van der Waals surface area contributed by atoms with E-state index in [4.69, 9.17) is 23.7 Å². The topological polar surface area (TPSA) is 104 Å². The molecule has 0 aromatic heterocycles. The lowest BCUT2D eigenvalue weighted by Crippen LogP contribution is -2.58. The van der Waals surface area contributed by atoms with Crippen LogP contribution in [0.1, 0.15) is 79.6 Å². The van der Waals surface area contributed by atoms with Crippen molar-refractivity contribution in [2.24, 2.45) is 17.8 Å². The highest BCUT2D eigenvalue weighted by Crippen LogP contribution is 2.49. The van der Waals surface area contributed by atoms with Gasteiger partial charge in [0.1, 0.15) is 29.8 Å². The molecule has 3 saturated heterocycles. The SMILES string of the molecule is CC[C@H]1O[C@]2(CC[C@@H]1C)C[C@@H]1C[C@@H](C/C=C(/C)C[C@@H](C)/C=C\C=C3[C@@H](OC)O[C@@H]4[C@H](O)C(C)=C[C@@H](C(=O)O1)[C@]34O)O2. The summed E-state index contributed by atoms with van der Waals surface area (Å²) in [6, 6.07) is 0. The number of ether oxygens (including phenoxy) is 5. The summed E-state index contributed by atoms with van der Waals surface area (Å²) in [5.41, 5.74) is 0.378. The van der Waals surface area contributed by atoms with Gasteiger partial charge in [-0.05, 0) is 56.9 Å². The maximum absolute atomic E-state index is 14.0. The van der Waals surface area contributed by atoms with Crippen molar-refractivity contribution in [3.63, 3.8) is 0 Å². The van der Waals surface area contributed by atoms with Crippen LogP contribution in [0.2, 0.25) is 0 Å². The largest absolute Gasteiger partial charge is 0.462 e. The maximum Gasteiger partial charge on any atom is 0.316 e. The highest BCUT2D eigenvalue weighted by molar-refractivity contribution is 5.78. The Kier molecular flexibility index (Phi) is 9.01. The summed E-state index contributed by atoms with van der Waals surface area (Å²) < 4.78 is 31.2. The molecule has 8 heteroatoms. The minimum absolute atomic E-state index is 0.0859. The summed E-state index contributed by atoms with van der Waals surface area (Å²) in [5.74, 6) is -1.75. The first-order valence-electron chi connectivity index (χ1n) is 15.4. The zero-order valence-corrected chi connectivity index (χ0v) is 25.4. The Balaban J connectivity index is 1.54. The smallest absolute Gasteiger partial charge is 0.316 e. The third-order valence-corrected chi connectivity index (χ3v) is 9.75. The second-order valence-electron chi connectivity index (χ2n) is 13.0. The lowest BCUT2D eigenvalue weighted by Gasteiger charge is -2.50. The van der Waals surface area contributed by atoms with Gasteiger partial charge >= 0.3 is 5.97 Å². The molecule has 0 saturated carbocycles. The van der Waals surface area contributed by atoms with E-state index >= 15 is 0 Å². The average molecular weight is 573 g/mol. The van der Waals surface area contributed by atoms with Crippen molar-refractivity contribution >= 4 is 5.97 Å². The number of methoxy groups -OCH3 is 1. The molecule has 4 heterocycles. The zero-order chi connectivity index (χ0) is 29.5. The molecule has 0 aromatic carbocycles. The van der Waals surface area contributed by atoms with Gasteiger partial charge in [0.05, 0.1) is 12.2 Å². The predicted molar refractivity (Wildman–Crippen MR) is 154 cm³/mol. The summed E-state index contributed by atoms with van der Waals surface area (Å²) >= 11 is 0. The van der Waals surface area contributed by atoms with Gasteiger partial charge < -0.3 is 33.9 Å². The molecule has 5 aliphatic rings. The number of esters is 1. The first kappa shape index (κ1) is 30.6. The molecule has 2 bridgehead atoms. The van der Waals surface area contributed by atoms with E-state index in [1.165, 1.54) is 12.7 Å². The first-order valence-corrected chi connectivity index (χ1v) is 15.4. The maximum atomic E-state index is 14.0. The minimum atomic E-state index is -1.83. The van der Waals surface area contributed by atoms with Crippen molar-refractivity contribution in [2.45, 2.75) is 128 Å². The van der Waals surface area contributed by atoms with Gasteiger partial charge in [0, 0.05) is 31.9 Å². The van der Waals surface area contributed by atoms with Gasteiger partial charge in [0.25, 0.3) is 0 Å². The van der Waals surface area contributed by atoms with Crippen molar-refractivity contribution in [3.05, 3.63) is 47.1 Å². The van der Waals surface area contributed by atoms with Crippen molar-refractivity contribution < 1.29 is 38.7 Å². The van der Waals surface area contributed by atoms with Gasteiger partial charge in [-0.2, -0.15) is 0 Å². The number of hydrogen-bond acceptors (Lipinski definition) is 8. The predicted octanol–water partition coefficient (Wildman–Crippen LogP) is 4.90. The number of rotatable bonds is 2. The third-order valence-electron chi connectivity index (χ3n) is 9.75. The van der Waals surface area contributed by atoms with E-state index in [9.17, 15) is 15.0 Å². The molecule has 1 aliphatic carbocycles. The number of aliphatic hydroxyl groups excluding tert-OH is 1. The molecule has 0 aromatic rings. The Bertz CT molecular complexity index is 1110. The van der Waals surface area contributed by atoms with Crippen LogP contribution in [0.4, 0.5) is 0 Å². The number of fused-ring (bicyclic) bond motifs is 2. The summed E-state index contributed by atoms with van der Waals surface area (Å²) in [5, 5.41) is 23.3. The molecule has 1 spiro atoms. The van der Waals surface area contributed by atoms with Crippen LogP contribution >= 0.6 is 0 Å². The molecule has 5 rings (SSSR count).